The minimum Gasteiger partial charge on any atom is -0.373 e. The van der Waals surface area contributed by atoms with Gasteiger partial charge in [-0.1, -0.05) is 194 Å². The maximum Gasteiger partial charge on any atom is 0.515 e. The van der Waals surface area contributed by atoms with Gasteiger partial charge in [-0.3, -0.25) is 0 Å². The van der Waals surface area contributed by atoms with E-state index in [-0.39, 0.29) is 4.87 Å². The molecule has 0 aliphatic heterocycles. The Labute approximate surface area is 290 Å². The third-order valence-corrected chi connectivity index (χ3v) is 14.0. The molecule has 0 spiro atoms. The quantitative estimate of drug-likeness (QED) is 0.0387. The third-order valence-electron chi connectivity index (χ3n) is 8.98. The van der Waals surface area contributed by atoms with E-state index in [1.807, 2.05) is 0 Å². The standard InChI is InChI=1S/C38H80O3S2Si/c1-4-7-10-13-16-19-22-25-28-31-34-39-44(38(43)37-42,40-35-32-29-26-23-20-17-14-11-8-5-2)41-36-33-30-27-24-21-18-15-12-9-6-3/h38,42-43H,4-37H2,1-3H3. The number of thiol groups is 2. The Morgan fingerprint density at radius 2 is 0.568 bits per heavy atom. The molecule has 0 aliphatic carbocycles. The molecule has 0 saturated heterocycles. The smallest absolute Gasteiger partial charge is 0.373 e. The van der Waals surface area contributed by atoms with Crippen molar-refractivity contribution in [1.82, 2.24) is 0 Å². The fraction of sp³-hybridized carbons (Fsp3) is 1.00. The van der Waals surface area contributed by atoms with E-state index in [1.165, 1.54) is 173 Å². The number of hydrogen-bond acceptors (Lipinski definition) is 5. The van der Waals surface area contributed by atoms with Crippen LogP contribution in [0.2, 0.25) is 0 Å². The van der Waals surface area contributed by atoms with Crippen LogP contribution in [-0.2, 0) is 13.3 Å². The molecule has 3 nitrogen and oxygen atoms in total. The van der Waals surface area contributed by atoms with E-state index in [4.69, 9.17) is 25.9 Å². The molecule has 44 heavy (non-hydrogen) atoms. The molecule has 0 rings (SSSR count). The van der Waals surface area contributed by atoms with Gasteiger partial charge in [0.25, 0.3) is 0 Å². The van der Waals surface area contributed by atoms with Gasteiger partial charge < -0.3 is 13.3 Å². The monoisotopic (exact) mass is 677 g/mol. The summed E-state index contributed by atoms with van der Waals surface area (Å²) in [6, 6.07) is 0. The van der Waals surface area contributed by atoms with Gasteiger partial charge in [0.05, 0.1) is 4.87 Å². The lowest BCUT2D eigenvalue weighted by Crippen LogP contribution is -2.55. The molecule has 6 heteroatoms. The summed E-state index contributed by atoms with van der Waals surface area (Å²) in [5.74, 6) is 0.628. The molecule has 0 N–H and O–H groups in total. The lowest BCUT2D eigenvalue weighted by molar-refractivity contribution is 0.0551. The first-order valence-corrected chi connectivity index (χ1v) is 22.8. The summed E-state index contributed by atoms with van der Waals surface area (Å²) in [5.41, 5.74) is 0. The minimum absolute atomic E-state index is 0.0693. The highest BCUT2D eigenvalue weighted by Crippen LogP contribution is 2.24. The van der Waals surface area contributed by atoms with E-state index < -0.39 is 8.80 Å². The summed E-state index contributed by atoms with van der Waals surface area (Å²) in [7, 11) is -2.89. The zero-order valence-corrected chi connectivity index (χ0v) is 33.0. The van der Waals surface area contributed by atoms with Gasteiger partial charge in [0, 0.05) is 25.6 Å². The van der Waals surface area contributed by atoms with Crippen molar-refractivity contribution >= 4 is 34.1 Å². The van der Waals surface area contributed by atoms with Crippen molar-refractivity contribution in [2.75, 3.05) is 25.6 Å². The first kappa shape index (κ1) is 44.8. The highest BCUT2D eigenvalue weighted by molar-refractivity contribution is 7.86. The zero-order chi connectivity index (χ0) is 32.2. The molecule has 266 valence electrons. The fourth-order valence-corrected chi connectivity index (χ4v) is 9.62. The second-order valence-electron chi connectivity index (χ2n) is 13.4. The molecule has 0 fully saturated rings. The topological polar surface area (TPSA) is 27.7 Å². The molecule has 0 heterocycles. The van der Waals surface area contributed by atoms with Gasteiger partial charge in [-0.05, 0) is 19.3 Å². The van der Waals surface area contributed by atoms with Crippen LogP contribution in [0.4, 0.5) is 0 Å². The van der Waals surface area contributed by atoms with Gasteiger partial charge in [-0.15, -0.1) is 0 Å². The largest absolute Gasteiger partial charge is 0.515 e. The lowest BCUT2D eigenvalue weighted by atomic mass is 10.1. The summed E-state index contributed by atoms with van der Waals surface area (Å²) in [5, 5.41) is 0. The van der Waals surface area contributed by atoms with Crippen LogP contribution in [0.15, 0.2) is 0 Å². The Bertz CT molecular complexity index is 476. The molecule has 0 amide bonds. The normalized spacial score (nSPS) is 12.8. The summed E-state index contributed by atoms with van der Waals surface area (Å²) < 4.78 is 19.8. The molecule has 0 aromatic heterocycles. The third kappa shape index (κ3) is 29.0. The minimum atomic E-state index is -2.89. The lowest BCUT2D eigenvalue weighted by Gasteiger charge is -2.33. The van der Waals surface area contributed by atoms with Gasteiger partial charge in [0.2, 0.25) is 0 Å². The Hall–Kier alpha value is 0.797. The highest BCUT2D eigenvalue weighted by atomic mass is 32.1. The van der Waals surface area contributed by atoms with Crippen molar-refractivity contribution < 1.29 is 13.3 Å². The van der Waals surface area contributed by atoms with Gasteiger partial charge in [-0.25, -0.2) is 0 Å². The fourth-order valence-electron chi connectivity index (χ4n) is 5.94. The Morgan fingerprint density at radius 3 is 0.773 bits per heavy atom. The zero-order valence-electron chi connectivity index (χ0n) is 30.2. The maximum atomic E-state index is 6.61. The van der Waals surface area contributed by atoms with Crippen LogP contribution in [-0.4, -0.2) is 39.3 Å². The van der Waals surface area contributed by atoms with Crippen molar-refractivity contribution in [3.63, 3.8) is 0 Å². The van der Waals surface area contributed by atoms with E-state index in [0.29, 0.717) is 5.75 Å². The van der Waals surface area contributed by atoms with E-state index in [0.717, 1.165) is 39.1 Å². The van der Waals surface area contributed by atoms with Gasteiger partial charge in [-0.2, -0.15) is 25.3 Å². The molecular formula is C38H80O3S2Si. The van der Waals surface area contributed by atoms with E-state index in [1.54, 1.807) is 0 Å². The SMILES string of the molecule is CCCCCCCCCCCCO[Si](OCCCCCCCCCCCC)(OCCCCCCCCCCCC)C(S)CS. The van der Waals surface area contributed by atoms with Crippen LogP contribution >= 0.6 is 25.3 Å². The van der Waals surface area contributed by atoms with Crippen molar-refractivity contribution in [3.05, 3.63) is 0 Å². The molecule has 0 aromatic carbocycles. The maximum absolute atomic E-state index is 6.61. The Morgan fingerprint density at radius 1 is 0.364 bits per heavy atom. The molecular weight excluding hydrogens is 597 g/mol. The summed E-state index contributed by atoms with van der Waals surface area (Å²) in [6.45, 7) is 9.05. The van der Waals surface area contributed by atoms with Crippen molar-refractivity contribution in [3.8, 4) is 0 Å². The Kier molecular flexibility index (Phi) is 37.3. The molecule has 0 saturated carbocycles. The van der Waals surface area contributed by atoms with Crippen LogP contribution < -0.4 is 0 Å². The Balaban J connectivity index is 4.51. The second-order valence-corrected chi connectivity index (χ2v) is 17.6. The van der Waals surface area contributed by atoms with Crippen LogP contribution in [0.25, 0.3) is 0 Å². The van der Waals surface area contributed by atoms with Gasteiger partial charge in [0.15, 0.2) is 0 Å². The molecule has 0 aliphatic rings. The molecule has 0 aromatic rings. The predicted octanol–water partition coefficient (Wildman–Crippen LogP) is 13.5. The summed E-state index contributed by atoms with van der Waals surface area (Å²) in [6.07, 6.45) is 39.9. The van der Waals surface area contributed by atoms with E-state index in [2.05, 4.69) is 33.4 Å². The van der Waals surface area contributed by atoms with Crippen molar-refractivity contribution in [2.24, 2.45) is 0 Å². The first-order chi connectivity index (χ1) is 21.7. The van der Waals surface area contributed by atoms with Crippen LogP contribution in [0.3, 0.4) is 0 Å². The molecule has 0 radical (unpaired) electrons. The van der Waals surface area contributed by atoms with Gasteiger partial charge in [0.1, 0.15) is 0 Å². The number of hydrogen-bond donors (Lipinski definition) is 2. The van der Waals surface area contributed by atoms with E-state index in [9.17, 15) is 0 Å². The predicted molar refractivity (Wildman–Crippen MR) is 206 cm³/mol. The molecule has 0 bridgehead atoms. The average molecular weight is 677 g/mol. The highest BCUT2D eigenvalue weighted by Gasteiger charge is 2.47. The first-order valence-electron chi connectivity index (χ1n) is 19.9. The second kappa shape index (κ2) is 36.6. The van der Waals surface area contributed by atoms with E-state index >= 15 is 0 Å². The van der Waals surface area contributed by atoms with Crippen molar-refractivity contribution in [1.29, 1.82) is 0 Å². The van der Waals surface area contributed by atoms with Crippen LogP contribution in [0.1, 0.15) is 213 Å². The molecule has 1 unspecified atom stereocenters. The van der Waals surface area contributed by atoms with Gasteiger partial charge >= 0.3 is 8.80 Å². The number of rotatable bonds is 38. The average Bonchev–Trinajstić information content (AvgIpc) is 3.04. The molecule has 1 atom stereocenters. The van der Waals surface area contributed by atoms with Crippen molar-refractivity contribution in [2.45, 2.75) is 218 Å². The summed E-state index contributed by atoms with van der Waals surface area (Å²) >= 11 is 9.56. The van der Waals surface area contributed by atoms with Crippen LogP contribution in [0.5, 0.6) is 0 Å². The van der Waals surface area contributed by atoms with Crippen LogP contribution in [0, 0.1) is 0 Å². The number of unbranched alkanes of at least 4 members (excludes halogenated alkanes) is 27. The summed E-state index contributed by atoms with van der Waals surface area (Å²) in [4.78, 5) is -0.0693.